The molecule has 104 valence electrons. The average Bonchev–Trinajstić information content (AvgIpc) is 3.17. The molecule has 0 atom stereocenters. The molecule has 4 heteroatoms. The Balaban J connectivity index is 2.03. The van der Waals surface area contributed by atoms with Gasteiger partial charge in [0, 0.05) is 5.41 Å². The van der Waals surface area contributed by atoms with E-state index in [9.17, 15) is 4.79 Å². The molecule has 1 heterocycles. The number of benzene rings is 1. The number of methoxy groups -OCH3 is 1. The van der Waals surface area contributed by atoms with Crippen LogP contribution in [0, 0.1) is 0 Å². The molecular weight excluding hydrogens is 270 g/mol. The maximum Gasteiger partial charge on any atom is 0.349 e. The van der Waals surface area contributed by atoms with Crippen LogP contribution in [-0.2, 0) is 10.2 Å². The minimum absolute atomic E-state index is 0.0157. The van der Waals surface area contributed by atoms with Crippen molar-refractivity contribution >= 4 is 17.3 Å². The van der Waals surface area contributed by atoms with Gasteiger partial charge in [0.15, 0.2) is 0 Å². The van der Waals surface area contributed by atoms with Crippen molar-refractivity contribution in [2.45, 2.75) is 31.1 Å². The Labute approximate surface area is 122 Å². The number of aromatic nitrogens is 1. The lowest BCUT2D eigenvalue weighted by molar-refractivity contribution is 0.0606. The van der Waals surface area contributed by atoms with Crippen molar-refractivity contribution in [3.63, 3.8) is 0 Å². The summed E-state index contributed by atoms with van der Waals surface area (Å²) in [5.74, 6) is -0.296. The van der Waals surface area contributed by atoms with E-state index in [2.05, 4.69) is 29.2 Å². The Morgan fingerprint density at radius 1 is 1.25 bits per heavy atom. The van der Waals surface area contributed by atoms with Gasteiger partial charge in [-0.25, -0.2) is 9.78 Å². The molecule has 0 N–H and O–H groups in total. The summed E-state index contributed by atoms with van der Waals surface area (Å²) in [4.78, 5) is 16.8. The van der Waals surface area contributed by atoms with E-state index in [0.29, 0.717) is 4.88 Å². The molecule has 1 aliphatic rings. The van der Waals surface area contributed by atoms with Gasteiger partial charge in [-0.1, -0.05) is 43.2 Å². The third-order valence-corrected chi connectivity index (χ3v) is 5.27. The highest BCUT2D eigenvalue weighted by Gasteiger charge is 2.40. The van der Waals surface area contributed by atoms with Gasteiger partial charge in [-0.2, -0.15) is 0 Å². The van der Waals surface area contributed by atoms with Gasteiger partial charge in [0.05, 0.1) is 13.3 Å². The zero-order valence-corrected chi connectivity index (χ0v) is 12.3. The number of rotatable bonds is 3. The summed E-state index contributed by atoms with van der Waals surface area (Å²) in [5, 5.41) is 1.04. The van der Waals surface area contributed by atoms with E-state index in [4.69, 9.17) is 4.74 Å². The van der Waals surface area contributed by atoms with E-state index in [0.717, 1.165) is 17.8 Å². The van der Waals surface area contributed by atoms with Crippen LogP contribution in [0.15, 0.2) is 36.5 Å². The van der Waals surface area contributed by atoms with Crippen molar-refractivity contribution in [1.29, 1.82) is 0 Å². The Morgan fingerprint density at radius 3 is 2.60 bits per heavy atom. The minimum Gasteiger partial charge on any atom is -0.465 e. The molecule has 2 aromatic rings. The number of ether oxygens (including phenoxy) is 1. The third-order valence-electron chi connectivity index (χ3n) is 4.09. The fourth-order valence-electron chi connectivity index (χ4n) is 3.05. The molecule has 1 aromatic heterocycles. The van der Waals surface area contributed by atoms with E-state index < -0.39 is 0 Å². The van der Waals surface area contributed by atoms with Crippen LogP contribution in [0.5, 0.6) is 0 Å². The first-order valence-electron chi connectivity index (χ1n) is 6.86. The predicted molar refractivity (Wildman–Crippen MR) is 79.1 cm³/mol. The molecule has 0 amide bonds. The smallest absolute Gasteiger partial charge is 0.349 e. The Kier molecular flexibility index (Phi) is 3.57. The van der Waals surface area contributed by atoms with Gasteiger partial charge in [0.25, 0.3) is 0 Å². The van der Waals surface area contributed by atoms with Crippen molar-refractivity contribution in [2.24, 2.45) is 0 Å². The topological polar surface area (TPSA) is 39.2 Å². The number of esters is 1. The number of thiazole rings is 1. The van der Waals surface area contributed by atoms with Crippen LogP contribution in [0.1, 0.15) is 45.9 Å². The fourth-order valence-corrected chi connectivity index (χ4v) is 4.16. The van der Waals surface area contributed by atoms with Gasteiger partial charge in [0.1, 0.15) is 9.88 Å². The standard InChI is InChI=1S/C16H17NO2S/c1-19-14(18)13-11-17-15(20-13)16(9-5-6-10-16)12-7-3-2-4-8-12/h2-4,7-8,11H,5-6,9-10H2,1H3. The highest BCUT2D eigenvalue weighted by molar-refractivity contribution is 7.13. The van der Waals surface area contributed by atoms with E-state index in [1.54, 1.807) is 6.20 Å². The van der Waals surface area contributed by atoms with Crippen LogP contribution in [0.25, 0.3) is 0 Å². The summed E-state index contributed by atoms with van der Waals surface area (Å²) in [7, 11) is 1.41. The van der Waals surface area contributed by atoms with Crippen molar-refractivity contribution < 1.29 is 9.53 Å². The fraction of sp³-hybridized carbons (Fsp3) is 0.375. The molecule has 0 spiro atoms. The summed E-state index contributed by atoms with van der Waals surface area (Å²) < 4.78 is 4.78. The quantitative estimate of drug-likeness (QED) is 0.806. The molecule has 1 saturated carbocycles. The predicted octanol–water partition coefficient (Wildman–Crippen LogP) is 3.79. The first-order chi connectivity index (χ1) is 9.76. The maximum atomic E-state index is 11.6. The third kappa shape index (κ3) is 2.14. The Bertz CT molecular complexity index is 600. The molecule has 0 saturated heterocycles. The molecule has 3 rings (SSSR count). The van der Waals surface area contributed by atoms with Gasteiger partial charge < -0.3 is 4.74 Å². The maximum absolute atomic E-state index is 11.6. The highest BCUT2D eigenvalue weighted by atomic mass is 32.1. The number of hydrogen-bond acceptors (Lipinski definition) is 4. The van der Waals surface area contributed by atoms with Crippen LogP contribution in [0.3, 0.4) is 0 Å². The second-order valence-electron chi connectivity index (χ2n) is 5.18. The van der Waals surface area contributed by atoms with Crippen molar-refractivity contribution in [3.05, 3.63) is 52.0 Å². The molecule has 1 fully saturated rings. The normalized spacial score (nSPS) is 17.1. The molecule has 20 heavy (non-hydrogen) atoms. The zero-order valence-electron chi connectivity index (χ0n) is 11.5. The summed E-state index contributed by atoms with van der Waals surface area (Å²) in [6.45, 7) is 0. The molecular formula is C16H17NO2S. The number of carbonyl (C=O) groups is 1. The highest BCUT2D eigenvalue weighted by Crippen LogP contribution is 2.47. The van der Waals surface area contributed by atoms with E-state index in [1.807, 2.05) is 6.07 Å². The van der Waals surface area contributed by atoms with Crippen LogP contribution in [0.2, 0.25) is 0 Å². The van der Waals surface area contributed by atoms with Gasteiger partial charge in [-0.15, -0.1) is 11.3 Å². The van der Waals surface area contributed by atoms with Crippen molar-refractivity contribution in [1.82, 2.24) is 4.98 Å². The van der Waals surface area contributed by atoms with Crippen LogP contribution < -0.4 is 0 Å². The van der Waals surface area contributed by atoms with Gasteiger partial charge in [-0.05, 0) is 18.4 Å². The van der Waals surface area contributed by atoms with Crippen LogP contribution >= 0.6 is 11.3 Å². The summed E-state index contributed by atoms with van der Waals surface area (Å²) in [5.41, 5.74) is 1.29. The van der Waals surface area contributed by atoms with Gasteiger partial charge in [-0.3, -0.25) is 0 Å². The molecule has 0 radical (unpaired) electrons. The lowest BCUT2D eigenvalue weighted by atomic mass is 9.79. The lowest BCUT2D eigenvalue weighted by Gasteiger charge is -2.27. The van der Waals surface area contributed by atoms with Crippen LogP contribution in [0.4, 0.5) is 0 Å². The van der Waals surface area contributed by atoms with E-state index >= 15 is 0 Å². The number of nitrogens with zero attached hydrogens (tertiary/aromatic N) is 1. The summed E-state index contributed by atoms with van der Waals surface area (Å²) in [6.07, 6.45) is 6.27. The van der Waals surface area contributed by atoms with E-state index in [1.165, 1.54) is 36.9 Å². The number of hydrogen-bond donors (Lipinski definition) is 0. The monoisotopic (exact) mass is 287 g/mol. The number of carbonyl (C=O) groups excluding carboxylic acids is 1. The molecule has 0 bridgehead atoms. The molecule has 1 aromatic carbocycles. The summed E-state index contributed by atoms with van der Waals surface area (Å²) in [6, 6.07) is 10.5. The van der Waals surface area contributed by atoms with E-state index in [-0.39, 0.29) is 11.4 Å². The Morgan fingerprint density at radius 2 is 1.95 bits per heavy atom. The summed E-state index contributed by atoms with van der Waals surface area (Å²) >= 11 is 1.47. The average molecular weight is 287 g/mol. The van der Waals surface area contributed by atoms with Crippen molar-refractivity contribution in [3.8, 4) is 0 Å². The molecule has 0 aliphatic heterocycles. The first kappa shape index (κ1) is 13.3. The SMILES string of the molecule is COC(=O)c1cnc(C2(c3ccccc3)CCCC2)s1. The van der Waals surface area contributed by atoms with Crippen LogP contribution in [-0.4, -0.2) is 18.1 Å². The van der Waals surface area contributed by atoms with Gasteiger partial charge >= 0.3 is 5.97 Å². The first-order valence-corrected chi connectivity index (χ1v) is 7.68. The molecule has 0 unspecified atom stereocenters. The van der Waals surface area contributed by atoms with Crippen molar-refractivity contribution in [2.75, 3.05) is 7.11 Å². The lowest BCUT2D eigenvalue weighted by Crippen LogP contribution is -2.23. The zero-order chi connectivity index (χ0) is 14.0. The molecule has 3 nitrogen and oxygen atoms in total. The second-order valence-corrected chi connectivity index (χ2v) is 6.21. The second kappa shape index (κ2) is 5.37. The largest absolute Gasteiger partial charge is 0.465 e. The van der Waals surface area contributed by atoms with Gasteiger partial charge in [0.2, 0.25) is 0 Å². The Hall–Kier alpha value is -1.68. The molecule has 1 aliphatic carbocycles. The minimum atomic E-state index is -0.296.